The number of carbonyl (C=O) groups excluding carboxylic acids is 1. The Hall–Kier alpha value is -0.570. The molecule has 0 saturated carbocycles. The monoisotopic (exact) mass is 128 g/mol. The summed E-state index contributed by atoms with van der Waals surface area (Å²) in [6.07, 6.45) is 0. The standard InChI is InChI=1S/C6H12N2O/c1-4-5(7-2)6(9)8(4)3/h4-5,7H,1-3H3. The molecule has 0 spiro atoms. The van der Waals surface area contributed by atoms with Crippen LogP contribution in [0.2, 0.25) is 0 Å². The van der Waals surface area contributed by atoms with Gasteiger partial charge in [0.25, 0.3) is 0 Å². The zero-order valence-electron chi connectivity index (χ0n) is 6.01. The summed E-state index contributed by atoms with van der Waals surface area (Å²) in [5.41, 5.74) is 0. The lowest BCUT2D eigenvalue weighted by Gasteiger charge is -2.42. The first-order chi connectivity index (χ1) is 4.18. The van der Waals surface area contributed by atoms with Crippen LogP contribution in [0.3, 0.4) is 0 Å². The second-order valence-electron chi connectivity index (χ2n) is 2.46. The maximum Gasteiger partial charge on any atom is 0.241 e. The fraction of sp³-hybridized carbons (Fsp3) is 0.833. The highest BCUT2D eigenvalue weighted by Crippen LogP contribution is 2.15. The predicted octanol–water partition coefficient (Wildman–Crippen LogP) is -0.565. The van der Waals surface area contributed by atoms with Crippen molar-refractivity contribution in [2.45, 2.75) is 19.0 Å². The maximum absolute atomic E-state index is 10.9. The molecule has 1 N–H and O–H groups in total. The van der Waals surface area contributed by atoms with Gasteiger partial charge in [-0.25, -0.2) is 0 Å². The van der Waals surface area contributed by atoms with Crippen LogP contribution in [0.25, 0.3) is 0 Å². The molecule has 9 heavy (non-hydrogen) atoms. The Morgan fingerprint density at radius 1 is 1.67 bits per heavy atom. The Morgan fingerprint density at radius 3 is 2.44 bits per heavy atom. The van der Waals surface area contributed by atoms with Gasteiger partial charge >= 0.3 is 0 Å². The van der Waals surface area contributed by atoms with E-state index in [-0.39, 0.29) is 11.9 Å². The van der Waals surface area contributed by atoms with E-state index < -0.39 is 0 Å². The van der Waals surface area contributed by atoms with Crippen LogP contribution in [0.4, 0.5) is 0 Å². The summed E-state index contributed by atoms with van der Waals surface area (Å²) in [4.78, 5) is 12.6. The van der Waals surface area contributed by atoms with E-state index in [1.54, 1.807) is 4.90 Å². The number of nitrogens with one attached hydrogen (secondary N) is 1. The molecule has 2 atom stereocenters. The van der Waals surface area contributed by atoms with Crippen LogP contribution in [-0.2, 0) is 4.79 Å². The lowest BCUT2D eigenvalue weighted by atomic mass is 9.99. The van der Waals surface area contributed by atoms with Gasteiger partial charge in [0, 0.05) is 7.05 Å². The topological polar surface area (TPSA) is 32.3 Å². The van der Waals surface area contributed by atoms with Crippen molar-refractivity contribution in [3.05, 3.63) is 0 Å². The van der Waals surface area contributed by atoms with Crippen LogP contribution in [0.15, 0.2) is 0 Å². The van der Waals surface area contributed by atoms with Gasteiger partial charge in [-0.05, 0) is 14.0 Å². The number of hydrogen-bond acceptors (Lipinski definition) is 2. The van der Waals surface area contributed by atoms with Gasteiger partial charge in [-0.3, -0.25) is 4.79 Å². The molecule has 1 aliphatic rings. The fourth-order valence-corrected chi connectivity index (χ4v) is 1.13. The molecule has 0 aromatic heterocycles. The molecule has 0 aromatic carbocycles. The van der Waals surface area contributed by atoms with E-state index in [9.17, 15) is 4.79 Å². The zero-order chi connectivity index (χ0) is 7.02. The summed E-state index contributed by atoms with van der Waals surface area (Å²) in [6, 6.07) is 0.428. The van der Waals surface area contributed by atoms with Gasteiger partial charge < -0.3 is 10.2 Å². The molecule has 2 unspecified atom stereocenters. The molecule has 3 nitrogen and oxygen atoms in total. The molecule has 1 fully saturated rings. The molecule has 1 amide bonds. The average molecular weight is 128 g/mol. The Labute approximate surface area is 55.0 Å². The van der Waals surface area contributed by atoms with Gasteiger partial charge in [0.1, 0.15) is 6.04 Å². The number of likely N-dealkylation sites (tertiary alicyclic amines) is 1. The summed E-state index contributed by atoms with van der Waals surface area (Å²) in [7, 11) is 3.63. The molecular formula is C6H12N2O. The molecule has 0 bridgehead atoms. The van der Waals surface area contributed by atoms with Gasteiger partial charge in [-0.2, -0.15) is 0 Å². The van der Waals surface area contributed by atoms with Crippen molar-refractivity contribution in [2.75, 3.05) is 14.1 Å². The van der Waals surface area contributed by atoms with Crippen LogP contribution in [0.1, 0.15) is 6.92 Å². The largest absolute Gasteiger partial charge is 0.340 e. The first kappa shape index (κ1) is 6.55. The smallest absolute Gasteiger partial charge is 0.241 e. The van der Waals surface area contributed by atoms with Crippen LogP contribution >= 0.6 is 0 Å². The van der Waals surface area contributed by atoms with Gasteiger partial charge in [-0.15, -0.1) is 0 Å². The summed E-state index contributed by atoms with van der Waals surface area (Å²) in [5.74, 6) is 0.199. The maximum atomic E-state index is 10.9. The number of likely N-dealkylation sites (N-methyl/N-ethyl adjacent to an activating group) is 2. The minimum absolute atomic E-state index is 0.0648. The highest BCUT2D eigenvalue weighted by atomic mass is 16.2. The van der Waals surface area contributed by atoms with Crippen molar-refractivity contribution in [3.8, 4) is 0 Å². The first-order valence-electron chi connectivity index (χ1n) is 3.12. The third-order valence-corrected chi connectivity index (χ3v) is 2.02. The molecule has 1 saturated heterocycles. The van der Waals surface area contributed by atoms with Gasteiger partial charge in [0.15, 0.2) is 0 Å². The van der Waals surface area contributed by atoms with E-state index in [1.165, 1.54) is 0 Å². The lowest BCUT2D eigenvalue weighted by molar-refractivity contribution is -0.147. The van der Waals surface area contributed by atoms with E-state index in [4.69, 9.17) is 0 Å². The van der Waals surface area contributed by atoms with E-state index >= 15 is 0 Å². The third kappa shape index (κ3) is 0.721. The third-order valence-electron chi connectivity index (χ3n) is 2.02. The average Bonchev–Trinajstić information content (AvgIpc) is 1.89. The molecule has 52 valence electrons. The Balaban J connectivity index is 2.51. The molecule has 0 aromatic rings. The van der Waals surface area contributed by atoms with Crippen molar-refractivity contribution in [1.29, 1.82) is 0 Å². The summed E-state index contributed by atoms with van der Waals surface area (Å²) >= 11 is 0. The van der Waals surface area contributed by atoms with Crippen molar-refractivity contribution < 1.29 is 4.79 Å². The Bertz CT molecular complexity index is 135. The fourth-order valence-electron chi connectivity index (χ4n) is 1.13. The molecule has 3 heteroatoms. The van der Waals surface area contributed by atoms with E-state index in [1.807, 2.05) is 21.0 Å². The second kappa shape index (κ2) is 1.99. The van der Waals surface area contributed by atoms with Crippen LogP contribution in [0.5, 0.6) is 0 Å². The highest BCUT2D eigenvalue weighted by molar-refractivity contribution is 5.88. The van der Waals surface area contributed by atoms with E-state index in [0.717, 1.165) is 0 Å². The van der Waals surface area contributed by atoms with Gasteiger partial charge in [0.05, 0.1) is 6.04 Å². The van der Waals surface area contributed by atoms with Crippen LogP contribution < -0.4 is 5.32 Å². The summed E-state index contributed by atoms with van der Waals surface area (Å²) < 4.78 is 0. The predicted molar refractivity (Wildman–Crippen MR) is 35.1 cm³/mol. The van der Waals surface area contributed by atoms with Gasteiger partial charge in [-0.1, -0.05) is 0 Å². The normalized spacial score (nSPS) is 34.6. The minimum atomic E-state index is 0.0648. The van der Waals surface area contributed by atoms with Crippen molar-refractivity contribution in [3.63, 3.8) is 0 Å². The number of rotatable bonds is 1. The SMILES string of the molecule is CNC1C(=O)N(C)C1C. The Morgan fingerprint density at radius 2 is 2.22 bits per heavy atom. The number of nitrogens with zero attached hydrogens (tertiary/aromatic N) is 1. The summed E-state index contributed by atoms with van der Waals surface area (Å²) in [6.45, 7) is 2.03. The molecule has 0 aliphatic carbocycles. The molecule has 1 rings (SSSR count). The number of β-lactam (4-membered cyclic amide) rings is 1. The van der Waals surface area contributed by atoms with Gasteiger partial charge in [0.2, 0.25) is 5.91 Å². The summed E-state index contributed by atoms with van der Waals surface area (Å²) in [5, 5.41) is 2.94. The van der Waals surface area contributed by atoms with E-state index in [2.05, 4.69) is 5.32 Å². The second-order valence-corrected chi connectivity index (χ2v) is 2.46. The van der Waals surface area contributed by atoms with Crippen LogP contribution in [-0.4, -0.2) is 37.0 Å². The zero-order valence-corrected chi connectivity index (χ0v) is 6.01. The Kier molecular flexibility index (Phi) is 1.45. The molecule has 0 radical (unpaired) electrons. The number of hydrogen-bond donors (Lipinski definition) is 1. The lowest BCUT2D eigenvalue weighted by Crippen LogP contribution is -2.66. The molecule has 1 aliphatic heterocycles. The molecule has 1 heterocycles. The highest BCUT2D eigenvalue weighted by Gasteiger charge is 2.40. The quantitative estimate of drug-likeness (QED) is 0.480. The van der Waals surface area contributed by atoms with E-state index in [0.29, 0.717) is 6.04 Å². The van der Waals surface area contributed by atoms with Crippen molar-refractivity contribution in [1.82, 2.24) is 10.2 Å². The first-order valence-corrected chi connectivity index (χ1v) is 3.12. The van der Waals surface area contributed by atoms with Crippen LogP contribution in [0, 0.1) is 0 Å². The molecular weight excluding hydrogens is 116 g/mol. The van der Waals surface area contributed by atoms with Crippen molar-refractivity contribution >= 4 is 5.91 Å². The number of amides is 1. The van der Waals surface area contributed by atoms with Crippen molar-refractivity contribution in [2.24, 2.45) is 0 Å². The minimum Gasteiger partial charge on any atom is -0.340 e. The number of carbonyl (C=O) groups is 1.